The van der Waals surface area contributed by atoms with Gasteiger partial charge in [0.25, 0.3) is 5.91 Å². The van der Waals surface area contributed by atoms with Crippen LogP contribution in [0.3, 0.4) is 0 Å². The highest BCUT2D eigenvalue weighted by Gasteiger charge is 2.29. The van der Waals surface area contributed by atoms with Crippen molar-refractivity contribution in [2.75, 3.05) is 19.7 Å². The molecule has 0 bridgehead atoms. The topological polar surface area (TPSA) is 72.6 Å². The molecule has 1 amide bonds. The van der Waals surface area contributed by atoms with Crippen LogP contribution < -0.4 is 0 Å². The molecular weight excluding hydrogens is 387 g/mol. The minimum atomic E-state index is -0.806. The van der Waals surface area contributed by atoms with Gasteiger partial charge in [-0.2, -0.15) is 0 Å². The van der Waals surface area contributed by atoms with Gasteiger partial charge < -0.3 is 14.2 Å². The molecule has 2 heterocycles. The molecule has 1 aliphatic rings. The van der Waals surface area contributed by atoms with Crippen LogP contribution in [-0.2, 0) is 9.53 Å². The summed E-state index contributed by atoms with van der Waals surface area (Å²) in [5.74, 6) is -0.739. The van der Waals surface area contributed by atoms with E-state index in [4.69, 9.17) is 20.9 Å². The second-order valence-corrected chi connectivity index (χ2v) is 7.79. The Labute approximate surface area is 167 Å². The predicted molar refractivity (Wildman–Crippen MR) is 101 cm³/mol. The van der Waals surface area contributed by atoms with E-state index in [9.17, 15) is 14.0 Å². The largest absolute Gasteiger partial charge is 0.452 e. The summed E-state index contributed by atoms with van der Waals surface area (Å²) in [5, 5.41) is 3.86. The first-order valence-corrected chi connectivity index (χ1v) is 9.51. The van der Waals surface area contributed by atoms with Crippen LogP contribution in [0.4, 0.5) is 4.39 Å². The number of piperidine rings is 1. The SMILES string of the molecule is Cc1onc(-c2c(F)cccc2Cl)c1C(=O)OCC(=O)N1CC(C)CC(C)C1. The zero-order valence-corrected chi connectivity index (χ0v) is 16.8. The average Bonchev–Trinajstić information content (AvgIpc) is 2.99. The van der Waals surface area contributed by atoms with E-state index in [1.165, 1.54) is 25.1 Å². The van der Waals surface area contributed by atoms with Gasteiger partial charge in [-0.15, -0.1) is 0 Å². The molecule has 1 fully saturated rings. The molecule has 2 aromatic rings. The van der Waals surface area contributed by atoms with Crippen molar-refractivity contribution in [3.05, 3.63) is 40.4 Å². The lowest BCUT2D eigenvalue weighted by Gasteiger charge is -2.34. The summed E-state index contributed by atoms with van der Waals surface area (Å²) in [6.45, 7) is 6.58. The first-order valence-electron chi connectivity index (χ1n) is 9.13. The molecule has 0 saturated carbocycles. The molecule has 8 heteroatoms. The average molecular weight is 409 g/mol. The van der Waals surface area contributed by atoms with Gasteiger partial charge in [0.15, 0.2) is 6.61 Å². The lowest BCUT2D eigenvalue weighted by molar-refractivity contribution is -0.137. The summed E-state index contributed by atoms with van der Waals surface area (Å²) >= 11 is 6.07. The van der Waals surface area contributed by atoms with Gasteiger partial charge in [0.2, 0.25) is 0 Å². The minimum Gasteiger partial charge on any atom is -0.452 e. The van der Waals surface area contributed by atoms with Crippen LogP contribution >= 0.6 is 11.6 Å². The molecule has 0 spiro atoms. The van der Waals surface area contributed by atoms with Crippen LogP contribution in [0.1, 0.15) is 36.4 Å². The number of halogens is 2. The van der Waals surface area contributed by atoms with E-state index in [0.29, 0.717) is 24.9 Å². The molecule has 2 atom stereocenters. The Bertz CT molecular complexity index is 868. The van der Waals surface area contributed by atoms with E-state index in [0.717, 1.165) is 6.42 Å². The third kappa shape index (κ3) is 4.19. The second kappa shape index (κ2) is 8.31. The van der Waals surface area contributed by atoms with E-state index >= 15 is 0 Å². The smallest absolute Gasteiger partial charge is 0.344 e. The first-order chi connectivity index (χ1) is 13.3. The highest BCUT2D eigenvalue weighted by molar-refractivity contribution is 6.33. The van der Waals surface area contributed by atoms with Gasteiger partial charge in [-0.25, -0.2) is 9.18 Å². The van der Waals surface area contributed by atoms with Gasteiger partial charge in [0.05, 0.1) is 10.6 Å². The van der Waals surface area contributed by atoms with Crippen molar-refractivity contribution < 1.29 is 23.2 Å². The van der Waals surface area contributed by atoms with E-state index in [1.807, 2.05) is 0 Å². The lowest BCUT2D eigenvalue weighted by Crippen LogP contribution is -2.44. The zero-order chi connectivity index (χ0) is 20.4. The molecule has 1 aromatic carbocycles. The van der Waals surface area contributed by atoms with Crippen molar-refractivity contribution in [2.45, 2.75) is 27.2 Å². The summed E-state index contributed by atoms with van der Waals surface area (Å²) in [6, 6.07) is 4.15. The summed E-state index contributed by atoms with van der Waals surface area (Å²) in [5.41, 5.74) is -0.128. The molecule has 6 nitrogen and oxygen atoms in total. The number of esters is 1. The molecular formula is C20H22ClFN2O4. The van der Waals surface area contributed by atoms with E-state index in [1.54, 1.807) is 4.90 Å². The molecule has 150 valence electrons. The zero-order valence-electron chi connectivity index (χ0n) is 16.0. The number of rotatable bonds is 4. The van der Waals surface area contributed by atoms with Gasteiger partial charge in [0, 0.05) is 13.1 Å². The highest BCUT2D eigenvalue weighted by Crippen LogP contribution is 2.33. The van der Waals surface area contributed by atoms with Gasteiger partial charge >= 0.3 is 5.97 Å². The maximum absolute atomic E-state index is 14.2. The number of carbonyl (C=O) groups is 2. The maximum atomic E-state index is 14.2. The van der Waals surface area contributed by atoms with Crippen LogP contribution in [-0.4, -0.2) is 41.6 Å². The van der Waals surface area contributed by atoms with E-state index < -0.39 is 18.4 Å². The molecule has 1 aliphatic heterocycles. The van der Waals surface area contributed by atoms with Crippen molar-refractivity contribution in [1.82, 2.24) is 10.1 Å². The summed E-state index contributed by atoms with van der Waals surface area (Å²) in [6.07, 6.45) is 1.07. The Morgan fingerprint density at radius 2 is 2.00 bits per heavy atom. The quantitative estimate of drug-likeness (QED) is 0.712. The molecule has 28 heavy (non-hydrogen) atoms. The Kier molecular flexibility index (Phi) is 6.03. The minimum absolute atomic E-state index is 0.0415. The van der Waals surface area contributed by atoms with Gasteiger partial charge in [0.1, 0.15) is 22.8 Å². The summed E-state index contributed by atoms with van der Waals surface area (Å²) in [4.78, 5) is 26.8. The van der Waals surface area contributed by atoms with Crippen LogP contribution in [0.15, 0.2) is 22.7 Å². The number of carbonyl (C=O) groups excluding carboxylic acids is 2. The first kappa shape index (κ1) is 20.3. The third-order valence-corrected chi connectivity index (χ3v) is 5.13. The number of aromatic nitrogens is 1. The van der Waals surface area contributed by atoms with Crippen LogP contribution in [0.5, 0.6) is 0 Å². The molecule has 0 radical (unpaired) electrons. The number of amides is 1. The van der Waals surface area contributed by atoms with Crippen LogP contribution in [0, 0.1) is 24.6 Å². The maximum Gasteiger partial charge on any atom is 0.344 e. The number of ether oxygens (including phenoxy) is 1. The number of hydrogen-bond donors (Lipinski definition) is 0. The highest BCUT2D eigenvalue weighted by atomic mass is 35.5. The Balaban J connectivity index is 1.75. The Morgan fingerprint density at radius 1 is 1.32 bits per heavy atom. The number of nitrogens with zero attached hydrogens (tertiary/aromatic N) is 2. The predicted octanol–water partition coefficient (Wildman–Crippen LogP) is 4.10. The van der Waals surface area contributed by atoms with Crippen molar-refractivity contribution in [3.63, 3.8) is 0 Å². The summed E-state index contributed by atoms with van der Waals surface area (Å²) < 4.78 is 24.5. The monoisotopic (exact) mass is 408 g/mol. The Morgan fingerprint density at radius 3 is 2.64 bits per heavy atom. The molecule has 1 saturated heterocycles. The van der Waals surface area contributed by atoms with Crippen molar-refractivity contribution in [1.29, 1.82) is 0 Å². The normalized spacial score (nSPS) is 19.5. The number of benzene rings is 1. The molecule has 2 unspecified atom stereocenters. The number of likely N-dealkylation sites (tertiary alicyclic amines) is 1. The fraction of sp³-hybridized carbons (Fsp3) is 0.450. The lowest BCUT2D eigenvalue weighted by atomic mass is 9.92. The standard InChI is InChI=1S/C20H22ClFN2O4/c1-11-7-12(2)9-24(8-11)16(25)10-27-20(26)17-13(3)28-23-19(17)18-14(21)5-4-6-15(18)22/h4-6,11-12H,7-10H2,1-3H3. The molecule has 3 rings (SSSR count). The van der Waals surface area contributed by atoms with E-state index in [-0.39, 0.29) is 33.5 Å². The molecule has 0 aliphatic carbocycles. The van der Waals surface area contributed by atoms with E-state index in [2.05, 4.69) is 19.0 Å². The van der Waals surface area contributed by atoms with Crippen LogP contribution in [0.2, 0.25) is 5.02 Å². The molecule has 0 N–H and O–H groups in total. The van der Waals surface area contributed by atoms with Crippen molar-refractivity contribution >= 4 is 23.5 Å². The van der Waals surface area contributed by atoms with Crippen LogP contribution in [0.25, 0.3) is 11.3 Å². The molecule has 1 aromatic heterocycles. The van der Waals surface area contributed by atoms with Gasteiger partial charge in [-0.05, 0) is 37.3 Å². The second-order valence-electron chi connectivity index (χ2n) is 7.38. The van der Waals surface area contributed by atoms with Gasteiger partial charge in [-0.3, -0.25) is 4.79 Å². The summed E-state index contributed by atoms with van der Waals surface area (Å²) in [7, 11) is 0. The fourth-order valence-electron chi connectivity index (χ4n) is 3.66. The van der Waals surface area contributed by atoms with Crippen molar-refractivity contribution in [3.8, 4) is 11.3 Å². The number of hydrogen-bond acceptors (Lipinski definition) is 5. The third-order valence-electron chi connectivity index (χ3n) is 4.81. The number of aryl methyl sites for hydroxylation is 1. The van der Waals surface area contributed by atoms with Crippen molar-refractivity contribution in [2.24, 2.45) is 11.8 Å². The Hall–Kier alpha value is -2.41. The van der Waals surface area contributed by atoms with Gasteiger partial charge in [-0.1, -0.05) is 36.7 Å². The fourth-order valence-corrected chi connectivity index (χ4v) is 3.92.